The van der Waals surface area contributed by atoms with Crippen molar-refractivity contribution in [2.45, 2.75) is 11.8 Å². The fourth-order valence-corrected chi connectivity index (χ4v) is 4.60. The van der Waals surface area contributed by atoms with Crippen molar-refractivity contribution in [2.75, 3.05) is 42.8 Å². The quantitative estimate of drug-likeness (QED) is 0.582. The first-order valence-corrected chi connectivity index (χ1v) is 11.4. The van der Waals surface area contributed by atoms with Crippen molar-refractivity contribution >= 4 is 33.0 Å². The lowest BCUT2D eigenvalue weighted by molar-refractivity contribution is 0.102. The van der Waals surface area contributed by atoms with Gasteiger partial charge in [0.15, 0.2) is 0 Å². The molecule has 32 heavy (non-hydrogen) atoms. The van der Waals surface area contributed by atoms with Crippen LogP contribution in [0.25, 0.3) is 0 Å². The summed E-state index contributed by atoms with van der Waals surface area (Å²) in [4.78, 5) is 14.7. The number of sulfonamides is 1. The molecule has 3 rings (SSSR count). The van der Waals surface area contributed by atoms with Crippen LogP contribution in [0.1, 0.15) is 15.9 Å². The lowest BCUT2D eigenvalue weighted by Crippen LogP contribution is -2.27. The van der Waals surface area contributed by atoms with Crippen LogP contribution >= 0.6 is 0 Å². The van der Waals surface area contributed by atoms with Crippen molar-refractivity contribution in [3.8, 4) is 5.75 Å². The lowest BCUT2D eigenvalue weighted by Gasteiger charge is -2.21. The minimum Gasteiger partial charge on any atom is -0.495 e. The van der Waals surface area contributed by atoms with Gasteiger partial charge in [-0.1, -0.05) is 12.1 Å². The van der Waals surface area contributed by atoms with E-state index in [-0.39, 0.29) is 10.8 Å². The second-order valence-electron chi connectivity index (χ2n) is 7.52. The highest BCUT2D eigenvalue weighted by atomic mass is 32.2. The van der Waals surface area contributed by atoms with Gasteiger partial charge in [0.1, 0.15) is 5.75 Å². The minimum absolute atomic E-state index is 0.0774. The number of carbonyl (C=O) groups is 1. The van der Waals surface area contributed by atoms with Crippen LogP contribution in [-0.4, -0.2) is 42.6 Å². The minimum atomic E-state index is -3.83. The van der Waals surface area contributed by atoms with E-state index in [0.717, 1.165) is 15.6 Å². The SMILES string of the molecule is COc1ccccc1N(C)S(=O)(=O)c1ccc(C(=O)Nc2ccc(N(C)C)c(C)c2)cc1. The number of anilines is 3. The van der Waals surface area contributed by atoms with Gasteiger partial charge in [0, 0.05) is 38.1 Å². The van der Waals surface area contributed by atoms with Crippen molar-refractivity contribution in [1.29, 1.82) is 0 Å². The molecule has 0 heterocycles. The maximum absolute atomic E-state index is 13.1. The van der Waals surface area contributed by atoms with Crippen LogP contribution in [0.2, 0.25) is 0 Å². The van der Waals surface area contributed by atoms with Crippen LogP contribution in [-0.2, 0) is 10.0 Å². The van der Waals surface area contributed by atoms with Gasteiger partial charge >= 0.3 is 0 Å². The van der Waals surface area contributed by atoms with E-state index >= 15 is 0 Å². The number of hydrogen-bond donors (Lipinski definition) is 1. The predicted octanol–water partition coefficient (Wildman–Crippen LogP) is 4.15. The van der Waals surface area contributed by atoms with Crippen LogP contribution in [0.15, 0.2) is 71.6 Å². The molecule has 7 nitrogen and oxygen atoms in total. The van der Waals surface area contributed by atoms with Crippen molar-refractivity contribution in [3.63, 3.8) is 0 Å². The summed E-state index contributed by atoms with van der Waals surface area (Å²) in [5.41, 5.74) is 3.56. The number of aryl methyl sites for hydroxylation is 1. The molecular formula is C24H27N3O4S. The Morgan fingerprint density at radius 1 is 0.906 bits per heavy atom. The Hall–Kier alpha value is -3.52. The van der Waals surface area contributed by atoms with Crippen LogP contribution in [0, 0.1) is 6.92 Å². The van der Waals surface area contributed by atoms with E-state index in [1.54, 1.807) is 24.3 Å². The molecule has 0 aliphatic heterocycles. The van der Waals surface area contributed by atoms with Crippen LogP contribution in [0.5, 0.6) is 5.75 Å². The summed E-state index contributed by atoms with van der Waals surface area (Å²) in [5.74, 6) is 0.134. The van der Waals surface area contributed by atoms with E-state index in [0.29, 0.717) is 22.7 Å². The van der Waals surface area contributed by atoms with Gasteiger partial charge in [-0.15, -0.1) is 0 Å². The number of nitrogens with one attached hydrogen (secondary N) is 1. The van der Waals surface area contributed by atoms with Gasteiger partial charge in [-0.05, 0) is 67.1 Å². The summed E-state index contributed by atoms with van der Waals surface area (Å²) in [5, 5.41) is 2.85. The van der Waals surface area contributed by atoms with E-state index in [4.69, 9.17) is 4.74 Å². The van der Waals surface area contributed by atoms with Gasteiger partial charge in [0.25, 0.3) is 15.9 Å². The van der Waals surface area contributed by atoms with Gasteiger partial charge in [0.2, 0.25) is 0 Å². The fourth-order valence-electron chi connectivity index (χ4n) is 3.39. The highest BCUT2D eigenvalue weighted by Crippen LogP contribution is 2.31. The van der Waals surface area contributed by atoms with Gasteiger partial charge in [0.05, 0.1) is 17.7 Å². The third kappa shape index (κ3) is 4.70. The largest absolute Gasteiger partial charge is 0.495 e. The summed E-state index contributed by atoms with van der Waals surface area (Å²) in [6.45, 7) is 1.98. The number of benzene rings is 3. The molecule has 0 aliphatic rings. The molecule has 3 aromatic rings. The van der Waals surface area contributed by atoms with Crippen LogP contribution < -0.4 is 19.3 Å². The van der Waals surface area contributed by atoms with E-state index in [1.807, 2.05) is 44.1 Å². The summed E-state index contributed by atoms with van der Waals surface area (Å²) < 4.78 is 32.6. The zero-order chi connectivity index (χ0) is 23.5. The summed E-state index contributed by atoms with van der Waals surface area (Å²) in [6, 6.07) is 18.4. The molecule has 1 N–H and O–H groups in total. The zero-order valence-corrected chi connectivity index (χ0v) is 19.6. The maximum Gasteiger partial charge on any atom is 0.264 e. The number of rotatable bonds is 7. The third-order valence-corrected chi connectivity index (χ3v) is 6.92. The van der Waals surface area contributed by atoms with E-state index in [1.165, 1.54) is 38.4 Å². The smallest absolute Gasteiger partial charge is 0.264 e. The number of para-hydroxylation sites is 2. The van der Waals surface area contributed by atoms with E-state index < -0.39 is 10.0 Å². The van der Waals surface area contributed by atoms with E-state index in [2.05, 4.69) is 5.32 Å². The molecule has 0 radical (unpaired) electrons. The Balaban J connectivity index is 1.79. The Bertz CT molecular complexity index is 1220. The summed E-state index contributed by atoms with van der Waals surface area (Å²) >= 11 is 0. The molecule has 0 unspecified atom stereocenters. The van der Waals surface area contributed by atoms with Crippen molar-refractivity contribution in [2.24, 2.45) is 0 Å². The van der Waals surface area contributed by atoms with Gasteiger partial charge in [-0.3, -0.25) is 9.10 Å². The van der Waals surface area contributed by atoms with E-state index in [9.17, 15) is 13.2 Å². The average Bonchev–Trinajstić information content (AvgIpc) is 2.78. The first-order valence-electron chi connectivity index (χ1n) is 9.96. The predicted molar refractivity (Wildman–Crippen MR) is 128 cm³/mol. The topological polar surface area (TPSA) is 78.9 Å². The van der Waals surface area contributed by atoms with Gasteiger partial charge < -0.3 is 15.0 Å². The normalized spacial score (nSPS) is 11.0. The van der Waals surface area contributed by atoms with Crippen molar-refractivity contribution < 1.29 is 17.9 Å². The number of amides is 1. The highest BCUT2D eigenvalue weighted by molar-refractivity contribution is 7.92. The first kappa shape index (κ1) is 23.1. The Labute approximate surface area is 189 Å². The molecule has 8 heteroatoms. The molecule has 0 aliphatic carbocycles. The zero-order valence-electron chi connectivity index (χ0n) is 18.8. The molecule has 0 atom stereocenters. The van der Waals surface area contributed by atoms with Crippen molar-refractivity contribution in [3.05, 3.63) is 77.9 Å². The lowest BCUT2D eigenvalue weighted by atomic mass is 10.1. The molecule has 1 amide bonds. The average molecular weight is 454 g/mol. The summed E-state index contributed by atoms with van der Waals surface area (Å²) in [7, 11) is 3.05. The van der Waals surface area contributed by atoms with Gasteiger partial charge in [-0.25, -0.2) is 8.42 Å². The number of nitrogens with zero attached hydrogens (tertiary/aromatic N) is 2. The highest BCUT2D eigenvalue weighted by Gasteiger charge is 2.24. The second kappa shape index (κ2) is 9.32. The molecule has 168 valence electrons. The molecule has 0 bridgehead atoms. The molecule has 0 aromatic heterocycles. The third-order valence-electron chi connectivity index (χ3n) is 5.14. The molecule has 3 aromatic carbocycles. The molecule has 0 saturated carbocycles. The fraction of sp³-hybridized carbons (Fsp3) is 0.208. The number of methoxy groups -OCH3 is 1. The second-order valence-corrected chi connectivity index (χ2v) is 9.49. The molecular weight excluding hydrogens is 426 g/mol. The monoisotopic (exact) mass is 453 g/mol. The molecule has 0 spiro atoms. The Morgan fingerprint density at radius 2 is 1.56 bits per heavy atom. The first-order chi connectivity index (χ1) is 15.1. The standard InChI is InChI=1S/C24H27N3O4S/c1-17-16-19(12-15-21(17)26(2)3)25-24(28)18-10-13-20(14-11-18)32(29,30)27(4)22-8-6-7-9-23(22)31-5/h6-16H,1-5H3,(H,25,28). The van der Waals surface area contributed by atoms with Gasteiger partial charge in [-0.2, -0.15) is 0 Å². The summed E-state index contributed by atoms with van der Waals surface area (Å²) in [6.07, 6.45) is 0. The maximum atomic E-state index is 13.1. The molecule has 0 saturated heterocycles. The Morgan fingerprint density at radius 3 is 2.16 bits per heavy atom. The number of carbonyl (C=O) groups excluding carboxylic acids is 1. The number of ether oxygens (including phenoxy) is 1. The van der Waals surface area contributed by atoms with Crippen LogP contribution in [0.4, 0.5) is 17.1 Å². The Kier molecular flexibility index (Phi) is 6.74. The molecule has 0 fully saturated rings. The van der Waals surface area contributed by atoms with Crippen LogP contribution in [0.3, 0.4) is 0 Å². The van der Waals surface area contributed by atoms with Crippen molar-refractivity contribution in [1.82, 2.24) is 0 Å². The number of hydrogen-bond acceptors (Lipinski definition) is 5.